The van der Waals surface area contributed by atoms with Gasteiger partial charge in [-0.1, -0.05) is 0 Å². The van der Waals surface area contributed by atoms with Gasteiger partial charge in [0.2, 0.25) is 11.4 Å². The molecule has 0 aromatic carbocycles. The van der Waals surface area contributed by atoms with Crippen LogP contribution in [0.15, 0.2) is 0 Å². The van der Waals surface area contributed by atoms with Crippen molar-refractivity contribution < 1.29 is 36.6 Å². The van der Waals surface area contributed by atoms with E-state index in [2.05, 4.69) is 0 Å². The van der Waals surface area contributed by atoms with Gasteiger partial charge in [0.15, 0.2) is 0 Å². The van der Waals surface area contributed by atoms with Gasteiger partial charge in [0.1, 0.15) is 0 Å². The lowest BCUT2D eigenvalue weighted by atomic mass is 10.0. The first-order valence-electron chi connectivity index (χ1n) is 3.54. The van der Waals surface area contributed by atoms with Crippen LogP contribution < -0.4 is 10.9 Å². The van der Waals surface area contributed by atoms with Gasteiger partial charge in [0, 0.05) is 0 Å². The molecule has 1 heterocycles. The highest BCUT2D eigenvalue weighted by molar-refractivity contribution is 5.00. The topological polar surface area (TPSA) is 64.5 Å². The van der Waals surface area contributed by atoms with Gasteiger partial charge in [-0.2, -0.15) is 26.3 Å². The van der Waals surface area contributed by atoms with Crippen molar-refractivity contribution in [1.29, 1.82) is 0 Å². The van der Waals surface area contributed by atoms with Crippen LogP contribution in [0.4, 0.5) is 26.3 Å². The lowest BCUT2D eigenvalue weighted by Crippen LogP contribution is -2.56. The maximum absolute atomic E-state index is 12.0. The minimum absolute atomic E-state index is 0.981. The molecule has 10 heteroatoms. The largest absolute Gasteiger partial charge is 0.432 e. The van der Waals surface area contributed by atoms with E-state index in [1.54, 1.807) is 0 Å². The Hall–Kier alpha value is -0.580. The van der Waals surface area contributed by atoms with Gasteiger partial charge < -0.3 is 10.2 Å². The summed E-state index contributed by atoms with van der Waals surface area (Å²) >= 11 is 0. The Kier molecular flexibility index (Phi) is 2.47. The SMILES string of the molecule is OC1(C(F)(F)F)CC(O)(C(F)(F)F)NN1. The predicted octanol–water partition coefficient (Wildman–Crippen LogP) is -0.0139. The molecule has 1 aliphatic heterocycles. The molecule has 1 saturated heterocycles. The van der Waals surface area contributed by atoms with Crippen molar-refractivity contribution in [2.24, 2.45) is 0 Å². The molecule has 0 aliphatic carbocycles. The first kappa shape index (κ1) is 12.5. The van der Waals surface area contributed by atoms with Crippen LogP contribution >= 0.6 is 0 Å². The van der Waals surface area contributed by atoms with Crippen LogP contribution in [0.1, 0.15) is 6.42 Å². The third kappa shape index (κ3) is 1.89. The fourth-order valence-electron chi connectivity index (χ4n) is 1.01. The maximum atomic E-state index is 12.0. The van der Waals surface area contributed by atoms with Crippen molar-refractivity contribution in [3.63, 3.8) is 0 Å². The molecule has 15 heavy (non-hydrogen) atoms. The van der Waals surface area contributed by atoms with E-state index in [0.29, 0.717) is 0 Å². The zero-order valence-electron chi connectivity index (χ0n) is 6.87. The monoisotopic (exact) mass is 240 g/mol. The minimum atomic E-state index is -5.34. The smallest absolute Gasteiger partial charge is 0.367 e. The van der Waals surface area contributed by atoms with Crippen molar-refractivity contribution in [3.8, 4) is 0 Å². The first-order chi connectivity index (χ1) is 6.41. The average molecular weight is 240 g/mol. The summed E-state index contributed by atoms with van der Waals surface area (Å²) in [6.07, 6.45) is -12.7. The van der Waals surface area contributed by atoms with E-state index in [4.69, 9.17) is 10.2 Å². The van der Waals surface area contributed by atoms with Crippen LogP contribution in [-0.2, 0) is 0 Å². The van der Waals surface area contributed by atoms with Gasteiger partial charge in [0.05, 0.1) is 6.42 Å². The van der Waals surface area contributed by atoms with E-state index in [1.165, 1.54) is 0 Å². The second-order valence-corrected chi connectivity index (χ2v) is 3.14. The normalized spacial score (nSPS) is 38.4. The minimum Gasteiger partial charge on any atom is -0.367 e. The Labute approximate surface area is 78.8 Å². The molecule has 0 spiro atoms. The highest BCUT2D eigenvalue weighted by Crippen LogP contribution is 2.42. The van der Waals surface area contributed by atoms with Crippen molar-refractivity contribution in [3.05, 3.63) is 0 Å². The number of hydrogen-bond donors (Lipinski definition) is 4. The van der Waals surface area contributed by atoms with Gasteiger partial charge >= 0.3 is 12.4 Å². The number of hydrogen-bond acceptors (Lipinski definition) is 4. The van der Waals surface area contributed by atoms with E-state index in [-0.39, 0.29) is 0 Å². The molecule has 0 bridgehead atoms. The van der Waals surface area contributed by atoms with Crippen LogP contribution in [0.25, 0.3) is 0 Å². The van der Waals surface area contributed by atoms with Crippen LogP contribution in [-0.4, -0.2) is 34.0 Å². The zero-order valence-corrected chi connectivity index (χ0v) is 6.87. The molecular weight excluding hydrogens is 234 g/mol. The molecule has 0 saturated carbocycles. The van der Waals surface area contributed by atoms with Crippen LogP contribution in [0.3, 0.4) is 0 Å². The average Bonchev–Trinajstić information content (AvgIpc) is 2.26. The summed E-state index contributed by atoms with van der Waals surface area (Å²) in [5.41, 5.74) is -5.66. The Morgan fingerprint density at radius 2 is 1.07 bits per heavy atom. The summed E-state index contributed by atoms with van der Waals surface area (Å²) in [5, 5.41) is 17.5. The summed E-state index contributed by atoms with van der Waals surface area (Å²) in [7, 11) is 0. The van der Waals surface area contributed by atoms with E-state index in [1.807, 2.05) is 0 Å². The molecule has 1 aliphatic rings. The van der Waals surface area contributed by atoms with Crippen molar-refractivity contribution >= 4 is 0 Å². The Bertz CT molecular complexity index is 239. The Morgan fingerprint density at radius 1 is 0.800 bits per heavy atom. The molecule has 1 fully saturated rings. The number of aliphatic hydroxyl groups is 2. The van der Waals surface area contributed by atoms with Gasteiger partial charge in [-0.05, 0) is 0 Å². The molecule has 0 aromatic heterocycles. The molecule has 2 atom stereocenters. The summed E-state index contributed by atoms with van der Waals surface area (Å²) in [4.78, 5) is 0. The standard InChI is InChI=1S/C5H6F6N2O2/c6-4(7,8)2(14)1-3(15,13-12-2)5(9,10)11/h12-15H,1H2. The van der Waals surface area contributed by atoms with E-state index < -0.39 is 30.2 Å². The van der Waals surface area contributed by atoms with E-state index in [9.17, 15) is 26.3 Å². The highest BCUT2D eigenvalue weighted by atomic mass is 19.4. The molecule has 0 amide bonds. The number of alkyl halides is 6. The number of nitrogens with one attached hydrogen (secondary N) is 2. The van der Waals surface area contributed by atoms with Gasteiger partial charge in [0.25, 0.3) is 0 Å². The Balaban J connectivity index is 2.93. The lowest BCUT2D eigenvalue weighted by molar-refractivity contribution is -0.293. The molecule has 4 N–H and O–H groups in total. The predicted molar refractivity (Wildman–Crippen MR) is 32.9 cm³/mol. The molecule has 0 radical (unpaired) electrons. The van der Waals surface area contributed by atoms with Gasteiger partial charge in [-0.25, -0.2) is 10.9 Å². The second kappa shape index (κ2) is 2.97. The van der Waals surface area contributed by atoms with Crippen LogP contribution in [0.5, 0.6) is 0 Å². The molecule has 90 valence electrons. The van der Waals surface area contributed by atoms with Crippen molar-refractivity contribution in [1.82, 2.24) is 10.9 Å². The number of hydrazine groups is 1. The molecule has 1 rings (SSSR count). The van der Waals surface area contributed by atoms with Gasteiger partial charge in [-0.15, -0.1) is 0 Å². The van der Waals surface area contributed by atoms with Crippen LogP contribution in [0.2, 0.25) is 0 Å². The zero-order chi connectivity index (χ0) is 12.1. The van der Waals surface area contributed by atoms with E-state index in [0.717, 1.165) is 10.9 Å². The number of rotatable bonds is 0. The van der Waals surface area contributed by atoms with Crippen LogP contribution in [0, 0.1) is 0 Å². The quantitative estimate of drug-likeness (QED) is 0.449. The summed E-state index contributed by atoms with van der Waals surface area (Å²) in [6, 6.07) is 0. The maximum Gasteiger partial charge on any atom is 0.432 e. The fraction of sp³-hybridized carbons (Fsp3) is 1.00. The highest BCUT2D eigenvalue weighted by Gasteiger charge is 2.69. The molecule has 0 aromatic rings. The molecular formula is C5H6F6N2O2. The number of halogens is 6. The van der Waals surface area contributed by atoms with Gasteiger partial charge in [-0.3, -0.25) is 0 Å². The lowest BCUT2D eigenvalue weighted by Gasteiger charge is -2.27. The molecule has 2 unspecified atom stereocenters. The Morgan fingerprint density at radius 3 is 1.20 bits per heavy atom. The third-order valence-corrected chi connectivity index (χ3v) is 1.93. The molecule has 4 nitrogen and oxygen atoms in total. The summed E-state index contributed by atoms with van der Waals surface area (Å²) < 4.78 is 72.3. The van der Waals surface area contributed by atoms with Crippen molar-refractivity contribution in [2.75, 3.05) is 0 Å². The van der Waals surface area contributed by atoms with Crippen molar-refractivity contribution in [2.45, 2.75) is 30.2 Å². The van der Waals surface area contributed by atoms with E-state index >= 15 is 0 Å². The fourth-order valence-corrected chi connectivity index (χ4v) is 1.01. The second-order valence-electron chi connectivity index (χ2n) is 3.14. The summed E-state index contributed by atoms with van der Waals surface area (Å²) in [5.74, 6) is 0. The summed E-state index contributed by atoms with van der Waals surface area (Å²) in [6.45, 7) is 0. The third-order valence-electron chi connectivity index (χ3n) is 1.93. The first-order valence-corrected chi connectivity index (χ1v) is 3.54.